The molecule has 1 aliphatic rings. The Hall–Kier alpha value is -3.79. The number of nitrogens with one attached hydrogen (secondary N) is 2. The molecule has 5 rings (SSSR count). The lowest BCUT2D eigenvalue weighted by Crippen LogP contribution is -2.48. The number of anilines is 4. The summed E-state index contributed by atoms with van der Waals surface area (Å²) in [6, 6.07) is 16.4. The molecule has 3 heterocycles. The van der Waals surface area contributed by atoms with Gasteiger partial charge in [-0.25, -0.2) is 4.98 Å². The van der Waals surface area contributed by atoms with E-state index in [0.717, 1.165) is 15.9 Å². The predicted octanol–water partition coefficient (Wildman–Crippen LogP) is 4.11. The van der Waals surface area contributed by atoms with Crippen molar-refractivity contribution in [3.8, 4) is 0 Å². The molecule has 1 saturated heterocycles. The fourth-order valence-corrected chi connectivity index (χ4v) is 4.78. The third-order valence-corrected chi connectivity index (χ3v) is 6.95. The summed E-state index contributed by atoms with van der Waals surface area (Å²) in [5, 5.41) is 6.74. The van der Waals surface area contributed by atoms with E-state index in [9.17, 15) is 4.79 Å². The van der Waals surface area contributed by atoms with Crippen LogP contribution < -0.4 is 15.5 Å². The molecule has 4 aromatic rings. The number of nitrogens with zero attached hydrogens (tertiary/aromatic N) is 6. The maximum atomic E-state index is 11.7. The van der Waals surface area contributed by atoms with Gasteiger partial charge in [-0.3, -0.25) is 4.79 Å². The van der Waals surface area contributed by atoms with Crippen LogP contribution in [0.3, 0.4) is 0 Å². The third kappa shape index (κ3) is 5.48. The number of hydrogen-bond donors (Lipinski definition) is 2. The highest BCUT2D eigenvalue weighted by Gasteiger charge is 2.22. The molecule has 2 aromatic carbocycles. The van der Waals surface area contributed by atoms with E-state index in [0.29, 0.717) is 56.5 Å². The van der Waals surface area contributed by atoms with Crippen LogP contribution in [0.1, 0.15) is 25.3 Å². The van der Waals surface area contributed by atoms with Gasteiger partial charge in [0, 0.05) is 45.3 Å². The van der Waals surface area contributed by atoms with Gasteiger partial charge in [-0.2, -0.15) is 15.0 Å². The maximum Gasteiger partial charge on any atom is 0.233 e. The van der Waals surface area contributed by atoms with Crippen LogP contribution in [0.4, 0.5) is 23.5 Å². The van der Waals surface area contributed by atoms with Crippen LogP contribution in [0.25, 0.3) is 10.2 Å². The molecular weight excluding hydrogens is 460 g/mol. The van der Waals surface area contributed by atoms with Crippen molar-refractivity contribution in [2.75, 3.05) is 48.3 Å². The van der Waals surface area contributed by atoms with E-state index >= 15 is 0 Å². The number of amides is 1. The Labute approximate surface area is 208 Å². The zero-order valence-electron chi connectivity index (χ0n) is 19.8. The molecular formula is C25H28N8OS. The van der Waals surface area contributed by atoms with Gasteiger partial charge in [0.2, 0.25) is 23.8 Å². The van der Waals surface area contributed by atoms with Gasteiger partial charge < -0.3 is 20.4 Å². The molecule has 1 unspecified atom stereocenters. The number of carbonyl (C=O) groups excluding carboxylic acids is 1. The second-order valence-electron chi connectivity index (χ2n) is 8.63. The molecule has 0 saturated carbocycles. The molecule has 35 heavy (non-hydrogen) atoms. The number of benzene rings is 2. The second-order valence-corrected chi connectivity index (χ2v) is 9.51. The molecule has 0 aliphatic carbocycles. The molecule has 1 fully saturated rings. The monoisotopic (exact) mass is 488 g/mol. The quantitative estimate of drug-likeness (QED) is 0.401. The lowest BCUT2D eigenvalue weighted by molar-refractivity contribution is -0.129. The summed E-state index contributed by atoms with van der Waals surface area (Å²) in [7, 11) is 0. The predicted molar refractivity (Wildman–Crippen MR) is 141 cm³/mol. The van der Waals surface area contributed by atoms with Gasteiger partial charge in [0.05, 0.1) is 15.7 Å². The van der Waals surface area contributed by atoms with Gasteiger partial charge in [0.15, 0.2) is 0 Å². The van der Waals surface area contributed by atoms with Crippen LogP contribution >= 0.6 is 11.3 Å². The molecule has 9 nitrogen and oxygen atoms in total. The van der Waals surface area contributed by atoms with Gasteiger partial charge in [0.25, 0.3) is 0 Å². The molecule has 1 atom stereocenters. The number of fused-ring (bicyclic) bond motifs is 1. The summed E-state index contributed by atoms with van der Waals surface area (Å²) in [5.74, 6) is 1.98. The van der Waals surface area contributed by atoms with E-state index in [-0.39, 0.29) is 5.91 Å². The molecule has 1 aliphatic heterocycles. The van der Waals surface area contributed by atoms with Crippen molar-refractivity contribution in [1.82, 2.24) is 24.8 Å². The highest BCUT2D eigenvalue weighted by Crippen LogP contribution is 2.25. The summed E-state index contributed by atoms with van der Waals surface area (Å²) < 4.78 is 1.10. The molecule has 0 bridgehead atoms. The van der Waals surface area contributed by atoms with Crippen LogP contribution in [-0.2, 0) is 4.79 Å². The zero-order chi connectivity index (χ0) is 24.2. The minimum Gasteiger partial charge on any atom is -0.353 e. The first kappa shape index (κ1) is 23.0. The molecule has 1 amide bonds. The largest absolute Gasteiger partial charge is 0.353 e. The Bertz CT molecular complexity index is 1300. The van der Waals surface area contributed by atoms with Crippen molar-refractivity contribution < 1.29 is 4.79 Å². The van der Waals surface area contributed by atoms with Crippen molar-refractivity contribution in [2.24, 2.45) is 0 Å². The fraction of sp³-hybridized carbons (Fsp3) is 0.320. The lowest BCUT2D eigenvalue weighted by Gasteiger charge is -2.34. The Morgan fingerprint density at radius 2 is 1.80 bits per heavy atom. The number of piperazine rings is 1. The van der Waals surface area contributed by atoms with Crippen molar-refractivity contribution in [2.45, 2.75) is 19.8 Å². The standard InChI is InChI=1S/C25H28N8OS/c1-17(19-6-4-3-5-7-19)15-26-23-29-24(28-20-8-9-21-22(14-20)35-16-27-21)31-25(30-23)33-12-10-32(11-13-33)18(2)34/h3-9,14,16-17H,10-13,15H2,1-2H3,(H2,26,28,29,30,31). The Balaban J connectivity index is 1.37. The minimum atomic E-state index is 0.0957. The molecule has 10 heteroatoms. The van der Waals surface area contributed by atoms with Crippen LogP contribution in [0.2, 0.25) is 0 Å². The Morgan fingerprint density at radius 1 is 1.03 bits per heavy atom. The second kappa shape index (κ2) is 10.2. The van der Waals surface area contributed by atoms with Crippen molar-refractivity contribution >= 4 is 51.0 Å². The van der Waals surface area contributed by atoms with Crippen LogP contribution in [0.5, 0.6) is 0 Å². The smallest absolute Gasteiger partial charge is 0.233 e. The minimum absolute atomic E-state index is 0.0957. The number of hydrogen-bond acceptors (Lipinski definition) is 9. The highest BCUT2D eigenvalue weighted by molar-refractivity contribution is 7.16. The SMILES string of the molecule is CC(=O)N1CCN(c2nc(NCC(C)c3ccccc3)nc(Nc3ccc4ncsc4c3)n2)CC1. The third-order valence-electron chi connectivity index (χ3n) is 6.15. The Morgan fingerprint density at radius 3 is 2.57 bits per heavy atom. The maximum absolute atomic E-state index is 11.7. The van der Waals surface area contributed by atoms with E-state index in [1.165, 1.54) is 5.56 Å². The average Bonchev–Trinajstić information content (AvgIpc) is 3.36. The highest BCUT2D eigenvalue weighted by atomic mass is 32.1. The topological polar surface area (TPSA) is 99.2 Å². The van der Waals surface area contributed by atoms with Crippen molar-refractivity contribution in [1.29, 1.82) is 0 Å². The Kier molecular flexibility index (Phi) is 6.71. The summed E-state index contributed by atoms with van der Waals surface area (Å²) in [6.07, 6.45) is 0. The van der Waals surface area contributed by atoms with E-state index in [1.807, 2.05) is 34.7 Å². The van der Waals surface area contributed by atoms with Gasteiger partial charge in [-0.1, -0.05) is 37.3 Å². The van der Waals surface area contributed by atoms with Crippen LogP contribution in [0.15, 0.2) is 54.0 Å². The molecule has 0 radical (unpaired) electrons. The first-order valence-corrected chi connectivity index (χ1v) is 12.6. The van der Waals surface area contributed by atoms with E-state index in [4.69, 9.17) is 9.97 Å². The summed E-state index contributed by atoms with van der Waals surface area (Å²) >= 11 is 1.60. The van der Waals surface area contributed by atoms with Crippen LogP contribution in [-0.4, -0.2) is 63.5 Å². The summed E-state index contributed by atoms with van der Waals surface area (Å²) in [4.78, 5) is 34.1. The van der Waals surface area contributed by atoms with Gasteiger partial charge in [-0.05, 0) is 29.7 Å². The normalized spacial score (nSPS) is 14.7. The number of rotatable bonds is 7. The van der Waals surface area contributed by atoms with Crippen LogP contribution in [0, 0.1) is 0 Å². The van der Waals surface area contributed by atoms with Gasteiger partial charge in [-0.15, -0.1) is 11.3 Å². The van der Waals surface area contributed by atoms with Gasteiger partial charge in [0.1, 0.15) is 0 Å². The van der Waals surface area contributed by atoms with E-state index < -0.39 is 0 Å². The van der Waals surface area contributed by atoms with Crippen molar-refractivity contribution in [3.63, 3.8) is 0 Å². The van der Waals surface area contributed by atoms with Gasteiger partial charge >= 0.3 is 0 Å². The van der Waals surface area contributed by atoms with E-state index in [2.05, 4.69) is 56.7 Å². The zero-order valence-corrected chi connectivity index (χ0v) is 20.6. The molecule has 0 spiro atoms. The number of thiazole rings is 1. The molecule has 2 aromatic heterocycles. The summed E-state index contributed by atoms with van der Waals surface area (Å²) in [5.41, 5.74) is 4.96. The molecule has 180 valence electrons. The lowest BCUT2D eigenvalue weighted by atomic mass is 10.0. The summed E-state index contributed by atoms with van der Waals surface area (Å²) in [6.45, 7) is 7.13. The number of carbonyl (C=O) groups is 1. The first-order valence-electron chi connectivity index (χ1n) is 11.7. The van der Waals surface area contributed by atoms with Crippen molar-refractivity contribution in [3.05, 3.63) is 59.6 Å². The van der Waals surface area contributed by atoms with E-state index in [1.54, 1.807) is 18.3 Å². The first-order chi connectivity index (χ1) is 17.0. The number of aromatic nitrogens is 4. The fourth-order valence-electron chi connectivity index (χ4n) is 4.07. The molecule has 2 N–H and O–H groups in total. The average molecular weight is 489 g/mol.